The highest BCUT2D eigenvalue weighted by atomic mass is 16.5. The molecular formula is C22H25NO4. The average molecular weight is 367 g/mol. The molecule has 0 radical (unpaired) electrons. The molecule has 2 aromatic rings. The van der Waals surface area contributed by atoms with Gasteiger partial charge in [0.05, 0.1) is 20.3 Å². The fraction of sp³-hybridized carbons (Fsp3) is 0.318. The van der Waals surface area contributed by atoms with Crippen molar-refractivity contribution in [1.82, 2.24) is 4.90 Å². The largest absolute Gasteiger partial charge is 0.493 e. The van der Waals surface area contributed by atoms with E-state index in [1.54, 1.807) is 12.0 Å². The molecule has 2 aromatic carbocycles. The van der Waals surface area contributed by atoms with Crippen LogP contribution in [0.5, 0.6) is 11.5 Å². The predicted octanol–water partition coefficient (Wildman–Crippen LogP) is 3.40. The maximum absolute atomic E-state index is 12.6. The van der Waals surface area contributed by atoms with E-state index in [0.29, 0.717) is 31.2 Å². The van der Waals surface area contributed by atoms with E-state index in [9.17, 15) is 4.79 Å². The predicted molar refractivity (Wildman–Crippen MR) is 104 cm³/mol. The van der Waals surface area contributed by atoms with Crippen molar-refractivity contribution in [3.05, 3.63) is 72.3 Å². The van der Waals surface area contributed by atoms with Crippen molar-refractivity contribution < 1.29 is 19.0 Å². The molecule has 0 aromatic heterocycles. The van der Waals surface area contributed by atoms with Crippen molar-refractivity contribution in [3.8, 4) is 11.5 Å². The summed E-state index contributed by atoms with van der Waals surface area (Å²) in [5.41, 5.74) is 2.16. The number of carbonyl (C=O) groups is 1. The first-order valence-electron chi connectivity index (χ1n) is 9.06. The standard InChI is InChI=1S/C22H25NO4/c1-3-7-17-10-11-19(20(14-17)25-2)27-16-22(24)23-12-13-26-21(15-23)18-8-5-4-6-9-18/h3-6,8-11,14,21H,1,7,12-13,15-16H2,2H3. The summed E-state index contributed by atoms with van der Waals surface area (Å²) in [6.45, 7) is 5.33. The zero-order valence-electron chi connectivity index (χ0n) is 15.6. The van der Waals surface area contributed by atoms with Crippen LogP contribution in [0, 0.1) is 0 Å². The molecular weight excluding hydrogens is 342 g/mol. The summed E-state index contributed by atoms with van der Waals surface area (Å²) in [6.07, 6.45) is 2.49. The number of hydrogen-bond acceptors (Lipinski definition) is 4. The summed E-state index contributed by atoms with van der Waals surface area (Å²) in [7, 11) is 1.59. The second-order valence-electron chi connectivity index (χ2n) is 6.38. The Bertz CT molecular complexity index is 775. The summed E-state index contributed by atoms with van der Waals surface area (Å²) in [4.78, 5) is 14.4. The van der Waals surface area contributed by atoms with Crippen LogP contribution in [0.2, 0.25) is 0 Å². The Kier molecular flexibility index (Phi) is 6.49. The van der Waals surface area contributed by atoms with Crippen LogP contribution < -0.4 is 9.47 Å². The Hall–Kier alpha value is -2.79. The molecule has 5 nitrogen and oxygen atoms in total. The normalized spacial score (nSPS) is 16.6. The van der Waals surface area contributed by atoms with Gasteiger partial charge in [-0.05, 0) is 29.7 Å². The number of methoxy groups -OCH3 is 1. The molecule has 1 heterocycles. The maximum Gasteiger partial charge on any atom is 0.260 e. The Balaban J connectivity index is 1.59. The van der Waals surface area contributed by atoms with Crippen molar-refractivity contribution in [3.63, 3.8) is 0 Å². The van der Waals surface area contributed by atoms with E-state index < -0.39 is 0 Å². The highest BCUT2D eigenvalue weighted by Gasteiger charge is 2.25. The molecule has 1 aliphatic rings. The molecule has 1 aliphatic heterocycles. The maximum atomic E-state index is 12.6. The van der Waals surface area contributed by atoms with Crippen LogP contribution in [0.15, 0.2) is 61.2 Å². The van der Waals surface area contributed by atoms with Gasteiger partial charge in [0.2, 0.25) is 0 Å². The monoisotopic (exact) mass is 367 g/mol. The minimum Gasteiger partial charge on any atom is -0.493 e. The molecule has 0 bridgehead atoms. The molecule has 1 saturated heterocycles. The molecule has 0 spiro atoms. The molecule has 0 N–H and O–H groups in total. The Labute approximate surface area is 160 Å². The Morgan fingerprint density at radius 3 is 2.81 bits per heavy atom. The Morgan fingerprint density at radius 2 is 2.07 bits per heavy atom. The van der Waals surface area contributed by atoms with Gasteiger partial charge < -0.3 is 19.1 Å². The lowest BCUT2D eigenvalue weighted by Gasteiger charge is -2.33. The number of nitrogens with zero attached hydrogens (tertiary/aromatic N) is 1. The van der Waals surface area contributed by atoms with E-state index in [1.165, 1.54) is 0 Å². The topological polar surface area (TPSA) is 48.0 Å². The zero-order valence-corrected chi connectivity index (χ0v) is 15.6. The van der Waals surface area contributed by atoms with Crippen LogP contribution in [-0.4, -0.2) is 44.2 Å². The third kappa shape index (κ3) is 4.89. The van der Waals surface area contributed by atoms with Crippen LogP contribution in [0.3, 0.4) is 0 Å². The lowest BCUT2D eigenvalue weighted by molar-refractivity contribution is -0.141. The number of rotatable bonds is 7. The average Bonchev–Trinajstić information content (AvgIpc) is 2.73. The van der Waals surface area contributed by atoms with E-state index in [4.69, 9.17) is 14.2 Å². The smallest absolute Gasteiger partial charge is 0.260 e. The lowest BCUT2D eigenvalue weighted by Crippen LogP contribution is -2.44. The molecule has 1 atom stereocenters. The van der Waals surface area contributed by atoms with Crippen LogP contribution in [0.4, 0.5) is 0 Å². The summed E-state index contributed by atoms with van der Waals surface area (Å²) < 4.78 is 16.9. The number of morpholine rings is 1. The number of allylic oxidation sites excluding steroid dienone is 1. The summed E-state index contributed by atoms with van der Waals surface area (Å²) in [5.74, 6) is 1.12. The fourth-order valence-electron chi connectivity index (χ4n) is 3.10. The van der Waals surface area contributed by atoms with Gasteiger partial charge in [-0.15, -0.1) is 6.58 Å². The van der Waals surface area contributed by atoms with Gasteiger partial charge in [-0.3, -0.25) is 4.79 Å². The summed E-state index contributed by atoms with van der Waals surface area (Å²) in [5, 5.41) is 0. The highest BCUT2D eigenvalue weighted by Crippen LogP contribution is 2.28. The first-order valence-corrected chi connectivity index (χ1v) is 9.06. The third-order valence-electron chi connectivity index (χ3n) is 4.55. The fourth-order valence-corrected chi connectivity index (χ4v) is 3.10. The van der Waals surface area contributed by atoms with Crippen LogP contribution >= 0.6 is 0 Å². The van der Waals surface area contributed by atoms with Crippen molar-refractivity contribution in [1.29, 1.82) is 0 Å². The van der Waals surface area contributed by atoms with E-state index in [0.717, 1.165) is 17.5 Å². The SMILES string of the molecule is C=CCc1ccc(OCC(=O)N2CCOC(c3ccccc3)C2)c(OC)c1. The highest BCUT2D eigenvalue weighted by molar-refractivity contribution is 5.78. The van der Waals surface area contributed by atoms with E-state index >= 15 is 0 Å². The minimum absolute atomic E-state index is 0.0291. The summed E-state index contributed by atoms with van der Waals surface area (Å²) >= 11 is 0. The number of amides is 1. The van der Waals surface area contributed by atoms with Gasteiger partial charge in [-0.2, -0.15) is 0 Å². The molecule has 1 unspecified atom stereocenters. The van der Waals surface area contributed by atoms with Crippen molar-refractivity contribution in [2.45, 2.75) is 12.5 Å². The lowest BCUT2D eigenvalue weighted by atomic mass is 10.1. The number of benzene rings is 2. The molecule has 27 heavy (non-hydrogen) atoms. The third-order valence-corrected chi connectivity index (χ3v) is 4.55. The number of ether oxygens (including phenoxy) is 3. The van der Waals surface area contributed by atoms with Crippen LogP contribution in [0.1, 0.15) is 17.2 Å². The Morgan fingerprint density at radius 1 is 1.26 bits per heavy atom. The molecule has 3 rings (SSSR count). The van der Waals surface area contributed by atoms with Crippen LogP contribution in [-0.2, 0) is 16.0 Å². The van der Waals surface area contributed by atoms with Crippen molar-refractivity contribution in [2.75, 3.05) is 33.4 Å². The van der Waals surface area contributed by atoms with Gasteiger partial charge in [-0.1, -0.05) is 42.5 Å². The van der Waals surface area contributed by atoms with Gasteiger partial charge in [0.25, 0.3) is 5.91 Å². The molecule has 0 saturated carbocycles. The van der Waals surface area contributed by atoms with Gasteiger partial charge >= 0.3 is 0 Å². The second kappa shape index (κ2) is 9.24. The first-order chi connectivity index (χ1) is 13.2. The minimum atomic E-state index is -0.100. The quantitative estimate of drug-likeness (QED) is 0.704. The van der Waals surface area contributed by atoms with Gasteiger partial charge in [0, 0.05) is 6.54 Å². The molecule has 142 valence electrons. The van der Waals surface area contributed by atoms with Gasteiger partial charge in [-0.25, -0.2) is 0 Å². The van der Waals surface area contributed by atoms with Gasteiger partial charge in [0.1, 0.15) is 6.10 Å². The van der Waals surface area contributed by atoms with Crippen molar-refractivity contribution >= 4 is 5.91 Å². The van der Waals surface area contributed by atoms with Gasteiger partial charge in [0.15, 0.2) is 18.1 Å². The number of carbonyl (C=O) groups excluding carboxylic acids is 1. The molecule has 5 heteroatoms. The zero-order chi connectivity index (χ0) is 19.1. The van der Waals surface area contributed by atoms with Crippen LogP contribution in [0.25, 0.3) is 0 Å². The van der Waals surface area contributed by atoms with E-state index in [-0.39, 0.29) is 18.6 Å². The van der Waals surface area contributed by atoms with E-state index in [2.05, 4.69) is 6.58 Å². The molecule has 1 fully saturated rings. The molecule has 1 amide bonds. The first kappa shape index (κ1) is 19.0. The molecule has 0 aliphatic carbocycles. The number of hydrogen-bond donors (Lipinski definition) is 0. The van der Waals surface area contributed by atoms with Crippen molar-refractivity contribution in [2.24, 2.45) is 0 Å². The summed E-state index contributed by atoms with van der Waals surface area (Å²) in [6, 6.07) is 15.6. The van der Waals surface area contributed by atoms with E-state index in [1.807, 2.05) is 54.6 Å². The second-order valence-corrected chi connectivity index (χ2v) is 6.38.